The molecule has 6 nitrogen and oxygen atoms in total. The summed E-state index contributed by atoms with van der Waals surface area (Å²) in [6.45, 7) is 3.99. The highest BCUT2D eigenvalue weighted by Crippen LogP contribution is 2.20. The maximum atomic E-state index is 12.2. The van der Waals surface area contributed by atoms with Crippen molar-refractivity contribution >= 4 is 35.0 Å². The molecule has 26 heavy (non-hydrogen) atoms. The monoisotopic (exact) mass is 395 g/mol. The van der Waals surface area contributed by atoms with Crippen molar-refractivity contribution in [3.8, 4) is 0 Å². The van der Waals surface area contributed by atoms with Crippen LogP contribution in [-0.2, 0) is 0 Å². The van der Waals surface area contributed by atoms with E-state index in [1.54, 1.807) is 35.2 Å². The van der Waals surface area contributed by atoms with E-state index >= 15 is 0 Å². The zero-order valence-corrected chi connectivity index (χ0v) is 15.6. The van der Waals surface area contributed by atoms with Crippen LogP contribution in [0, 0.1) is 0 Å². The Labute approximate surface area is 161 Å². The van der Waals surface area contributed by atoms with Gasteiger partial charge in [-0.3, -0.25) is 14.5 Å². The second kappa shape index (κ2) is 8.58. The number of benzene rings is 1. The lowest BCUT2D eigenvalue weighted by molar-refractivity contribution is 0.0607. The Morgan fingerprint density at radius 2 is 1.88 bits per heavy atom. The molecule has 1 saturated heterocycles. The molecule has 0 atom stereocenters. The summed E-state index contributed by atoms with van der Waals surface area (Å²) in [4.78, 5) is 28.4. The van der Waals surface area contributed by atoms with Crippen molar-refractivity contribution in [3.63, 3.8) is 0 Å². The molecule has 0 spiro atoms. The maximum Gasteiger partial charge on any atom is 0.289 e. The van der Waals surface area contributed by atoms with Gasteiger partial charge in [0.2, 0.25) is 0 Å². The van der Waals surface area contributed by atoms with Gasteiger partial charge in [0.05, 0.1) is 16.8 Å². The standard InChI is InChI=1S/C18H19Cl2N3O3/c19-13-3-4-14(15(20)12-13)17(24)21-5-6-22-7-9-23(10-8-22)18(25)16-2-1-11-26-16/h1-4,11-12H,5-10H2,(H,21,24). The van der Waals surface area contributed by atoms with Crippen molar-refractivity contribution in [1.29, 1.82) is 0 Å². The fourth-order valence-electron chi connectivity index (χ4n) is 2.83. The van der Waals surface area contributed by atoms with Gasteiger partial charge in [0.1, 0.15) is 0 Å². The molecule has 0 unspecified atom stereocenters. The van der Waals surface area contributed by atoms with E-state index in [0.717, 1.165) is 13.1 Å². The van der Waals surface area contributed by atoms with E-state index in [0.29, 0.717) is 47.5 Å². The lowest BCUT2D eigenvalue weighted by Crippen LogP contribution is -2.50. The third kappa shape index (κ3) is 4.58. The van der Waals surface area contributed by atoms with Crippen LogP contribution in [0.25, 0.3) is 0 Å². The number of amides is 2. The smallest absolute Gasteiger partial charge is 0.289 e. The molecule has 0 radical (unpaired) electrons. The number of carbonyl (C=O) groups is 2. The highest BCUT2D eigenvalue weighted by Gasteiger charge is 2.23. The Hall–Kier alpha value is -2.02. The molecule has 1 N–H and O–H groups in total. The first-order chi connectivity index (χ1) is 12.5. The van der Waals surface area contributed by atoms with Gasteiger partial charge >= 0.3 is 0 Å². The largest absolute Gasteiger partial charge is 0.459 e. The zero-order valence-electron chi connectivity index (χ0n) is 14.1. The van der Waals surface area contributed by atoms with Crippen LogP contribution in [0.4, 0.5) is 0 Å². The molecule has 2 heterocycles. The Bertz CT molecular complexity index is 772. The number of carbonyl (C=O) groups excluding carboxylic acids is 2. The number of nitrogens with one attached hydrogen (secondary N) is 1. The average molecular weight is 396 g/mol. The van der Waals surface area contributed by atoms with Crippen LogP contribution in [0.1, 0.15) is 20.9 Å². The molecule has 0 aliphatic carbocycles. The van der Waals surface area contributed by atoms with E-state index in [2.05, 4.69) is 10.2 Å². The van der Waals surface area contributed by atoms with Crippen molar-refractivity contribution in [2.24, 2.45) is 0 Å². The fourth-order valence-corrected chi connectivity index (χ4v) is 3.32. The van der Waals surface area contributed by atoms with Crippen LogP contribution in [-0.4, -0.2) is 60.9 Å². The van der Waals surface area contributed by atoms with E-state index in [1.165, 1.54) is 6.26 Å². The van der Waals surface area contributed by atoms with Gasteiger partial charge in [0.25, 0.3) is 11.8 Å². The first-order valence-corrected chi connectivity index (χ1v) is 9.08. The molecule has 1 aromatic heterocycles. The Morgan fingerprint density at radius 1 is 1.12 bits per heavy atom. The predicted octanol–water partition coefficient (Wildman–Crippen LogP) is 2.77. The molecular formula is C18H19Cl2N3O3. The number of hydrogen-bond donors (Lipinski definition) is 1. The van der Waals surface area contributed by atoms with Crippen molar-refractivity contribution in [2.45, 2.75) is 0 Å². The molecule has 138 valence electrons. The molecule has 0 saturated carbocycles. The molecule has 1 aliphatic heterocycles. The summed E-state index contributed by atoms with van der Waals surface area (Å²) in [6, 6.07) is 8.18. The minimum absolute atomic E-state index is 0.0830. The summed E-state index contributed by atoms with van der Waals surface area (Å²) in [7, 11) is 0. The first kappa shape index (κ1) is 18.8. The van der Waals surface area contributed by atoms with Gasteiger partial charge in [-0.05, 0) is 30.3 Å². The summed E-state index contributed by atoms with van der Waals surface area (Å²) in [5.74, 6) is 0.0594. The van der Waals surface area contributed by atoms with E-state index in [-0.39, 0.29) is 11.8 Å². The minimum atomic E-state index is -0.224. The van der Waals surface area contributed by atoms with Crippen LogP contribution in [0.3, 0.4) is 0 Å². The fraction of sp³-hybridized carbons (Fsp3) is 0.333. The number of hydrogen-bond acceptors (Lipinski definition) is 4. The van der Waals surface area contributed by atoms with Gasteiger partial charge < -0.3 is 14.6 Å². The number of piperazine rings is 1. The Kier molecular flexibility index (Phi) is 6.19. The van der Waals surface area contributed by atoms with Gasteiger partial charge in [-0.1, -0.05) is 23.2 Å². The third-order valence-electron chi connectivity index (χ3n) is 4.28. The summed E-state index contributed by atoms with van der Waals surface area (Å²) in [5.41, 5.74) is 0.407. The highest BCUT2D eigenvalue weighted by molar-refractivity contribution is 6.36. The number of nitrogens with zero attached hydrogens (tertiary/aromatic N) is 2. The van der Waals surface area contributed by atoms with Crippen LogP contribution < -0.4 is 5.32 Å². The molecule has 3 rings (SSSR count). The SMILES string of the molecule is O=C(NCCN1CCN(C(=O)c2ccco2)CC1)c1ccc(Cl)cc1Cl. The van der Waals surface area contributed by atoms with E-state index in [1.807, 2.05) is 0 Å². The van der Waals surface area contributed by atoms with E-state index in [4.69, 9.17) is 27.6 Å². The quantitative estimate of drug-likeness (QED) is 0.844. The van der Waals surface area contributed by atoms with Crippen LogP contribution >= 0.6 is 23.2 Å². The van der Waals surface area contributed by atoms with Crippen LogP contribution in [0.5, 0.6) is 0 Å². The molecule has 1 fully saturated rings. The van der Waals surface area contributed by atoms with Crippen molar-refractivity contribution < 1.29 is 14.0 Å². The van der Waals surface area contributed by atoms with Crippen molar-refractivity contribution in [2.75, 3.05) is 39.3 Å². The molecular weight excluding hydrogens is 377 g/mol. The molecule has 1 aromatic carbocycles. The van der Waals surface area contributed by atoms with E-state index < -0.39 is 0 Å². The molecule has 8 heteroatoms. The normalized spacial score (nSPS) is 15.1. The Balaban J connectivity index is 1.41. The van der Waals surface area contributed by atoms with Crippen molar-refractivity contribution in [3.05, 3.63) is 58.0 Å². The molecule has 1 aliphatic rings. The zero-order chi connectivity index (χ0) is 18.5. The molecule has 0 bridgehead atoms. The summed E-state index contributed by atoms with van der Waals surface area (Å²) in [5, 5.41) is 3.69. The molecule has 2 amide bonds. The summed E-state index contributed by atoms with van der Waals surface area (Å²) in [6.07, 6.45) is 1.50. The van der Waals surface area contributed by atoms with Gasteiger partial charge in [0, 0.05) is 44.3 Å². The minimum Gasteiger partial charge on any atom is -0.459 e. The lowest BCUT2D eigenvalue weighted by Gasteiger charge is -2.34. The highest BCUT2D eigenvalue weighted by atomic mass is 35.5. The van der Waals surface area contributed by atoms with Crippen LogP contribution in [0.15, 0.2) is 41.0 Å². The summed E-state index contributed by atoms with van der Waals surface area (Å²) < 4.78 is 5.15. The van der Waals surface area contributed by atoms with Crippen LogP contribution in [0.2, 0.25) is 10.0 Å². The second-order valence-corrected chi connectivity index (χ2v) is 6.83. The second-order valence-electron chi connectivity index (χ2n) is 5.99. The van der Waals surface area contributed by atoms with E-state index in [9.17, 15) is 9.59 Å². The third-order valence-corrected chi connectivity index (χ3v) is 4.83. The lowest BCUT2D eigenvalue weighted by atomic mass is 10.2. The summed E-state index contributed by atoms with van der Waals surface area (Å²) >= 11 is 11.9. The topological polar surface area (TPSA) is 65.8 Å². The van der Waals surface area contributed by atoms with Gasteiger partial charge in [0.15, 0.2) is 5.76 Å². The van der Waals surface area contributed by atoms with Gasteiger partial charge in [-0.2, -0.15) is 0 Å². The first-order valence-electron chi connectivity index (χ1n) is 8.33. The Morgan fingerprint density at radius 3 is 2.54 bits per heavy atom. The molecule has 2 aromatic rings. The predicted molar refractivity (Wildman–Crippen MR) is 99.8 cm³/mol. The number of furan rings is 1. The van der Waals surface area contributed by atoms with Gasteiger partial charge in [-0.25, -0.2) is 0 Å². The maximum absolute atomic E-state index is 12.2. The van der Waals surface area contributed by atoms with Crippen molar-refractivity contribution in [1.82, 2.24) is 15.1 Å². The number of halogens is 2. The average Bonchev–Trinajstić information content (AvgIpc) is 3.16. The number of rotatable bonds is 5. The van der Waals surface area contributed by atoms with Gasteiger partial charge in [-0.15, -0.1) is 0 Å².